The van der Waals surface area contributed by atoms with Crippen molar-refractivity contribution < 1.29 is 4.74 Å². The zero-order chi connectivity index (χ0) is 10.5. The molecule has 2 heteroatoms. The van der Waals surface area contributed by atoms with Gasteiger partial charge in [-0.1, -0.05) is 18.6 Å². The van der Waals surface area contributed by atoms with E-state index in [9.17, 15) is 0 Å². The van der Waals surface area contributed by atoms with Gasteiger partial charge in [0.2, 0.25) is 0 Å². The van der Waals surface area contributed by atoms with Gasteiger partial charge in [-0.3, -0.25) is 0 Å². The summed E-state index contributed by atoms with van der Waals surface area (Å²) in [5.41, 5.74) is 1.59. The molecule has 1 saturated heterocycles. The van der Waals surface area contributed by atoms with Crippen molar-refractivity contribution in [3.63, 3.8) is 0 Å². The Hall–Kier alpha value is -0.340. The average molecular weight is 209 g/mol. The highest BCUT2D eigenvalue weighted by atomic mass is 16.5. The van der Waals surface area contributed by atoms with E-state index in [1.165, 1.54) is 32.1 Å². The zero-order valence-corrected chi connectivity index (χ0v) is 9.80. The Labute approximate surface area is 93.1 Å². The Morgan fingerprint density at radius 2 is 2.00 bits per heavy atom. The van der Waals surface area contributed by atoms with Gasteiger partial charge in [-0.25, -0.2) is 0 Å². The first-order chi connectivity index (χ1) is 7.38. The first kappa shape index (κ1) is 11.2. The summed E-state index contributed by atoms with van der Waals surface area (Å²) in [6, 6.07) is 0.828. The molecular weight excluding hydrogens is 186 g/mol. The van der Waals surface area contributed by atoms with Crippen LogP contribution in [0.3, 0.4) is 0 Å². The molecule has 0 aromatic heterocycles. The van der Waals surface area contributed by atoms with Gasteiger partial charge < -0.3 is 10.1 Å². The largest absolute Gasteiger partial charge is 0.381 e. The van der Waals surface area contributed by atoms with Crippen LogP contribution < -0.4 is 5.32 Å². The highest BCUT2D eigenvalue weighted by molar-refractivity contribution is 5.07. The van der Waals surface area contributed by atoms with E-state index in [-0.39, 0.29) is 0 Å². The van der Waals surface area contributed by atoms with Crippen molar-refractivity contribution in [3.8, 4) is 0 Å². The van der Waals surface area contributed by atoms with Gasteiger partial charge in [0.25, 0.3) is 0 Å². The summed E-state index contributed by atoms with van der Waals surface area (Å²) in [7, 11) is 0. The van der Waals surface area contributed by atoms with Crippen molar-refractivity contribution in [1.82, 2.24) is 5.32 Å². The van der Waals surface area contributed by atoms with Crippen LogP contribution in [-0.4, -0.2) is 25.8 Å². The monoisotopic (exact) mass is 209 g/mol. The molecule has 1 aliphatic carbocycles. The molecule has 15 heavy (non-hydrogen) atoms. The molecule has 0 amide bonds. The lowest BCUT2D eigenvalue weighted by Crippen LogP contribution is -2.20. The molecule has 0 radical (unpaired) electrons. The predicted molar refractivity (Wildman–Crippen MR) is 62.9 cm³/mol. The third-order valence-corrected chi connectivity index (χ3v) is 3.39. The normalized spacial score (nSPS) is 24.5. The van der Waals surface area contributed by atoms with Crippen LogP contribution in [-0.2, 0) is 4.74 Å². The minimum absolute atomic E-state index is 0.773. The average Bonchev–Trinajstić information content (AvgIpc) is 3.09. The molecule has 0 atom stereocenters. The van der Waals surface area contributed by atoms with Gasteiger partial charge >= 0.3 is 0 Å². The first-order valence-corrected chi connectivity index (χ1v) is 6.39. The maximum absolute atomic E-state index is 5.38. The summed E-state index contributed by atoms with van der Waals surface area (Å²) >= 11 is 0. The van der Waals surface area contributed by atoms with E-state index >= 15 is 0 Å². The van der Waals surface area contributed by atoms with Crippen LogP contribution in [0.2, 0.25) is 0 Å². The smallest absolute Gasteiger partial charge is 0.0471 e. The lowest BCUT2D eigenvalue weighted by Gasteiger charge is -2.20. The molecule has 2 aliphatic rings. The molecule has 0 aromatic carbocycles. The van der Waals surface area contributed by atoms with Crippen LogP contribution in [0.4, 0.5) is 0 Å². The number of rotatable bonds is 5. The van der Waals surface area contributed by atoms with Crippen molar-refractivity contribution in [2.24, 2.45) is 5.92 Å². The highest BCUT2D eigenvalue weighted by Crippen LogP contribution is 2.21. The van der Waals surface area contributed by atoms with Crippen molar-refractivity contribution in [3.05, 3.63) is 11.6 Å². The minimum atomic E-state index is 0.773. The Morgan fingerprint density at radius 1 is 1.27 bits per heavy atom. The second kappa shape index (κ2) is 5.66. The molecular formula is C13H23NO. The van der Waals surface area contributed by atoms with E-state index in [0.29, 0.717) is 0 Å². The molecule has 86 valence electrons. The van der Waals surface area contributed by atoms with Crippen molar-refractivity contribution >= 4 is 0 Å². The predicted octanol–water partition coefficient (Wildman–Crippen LogP) is 2.50. The molecule has 0 bridgehead atoms. The third-order valence-electron chi connectivity index (χ3n) is 3.39. The Bertz CT molecular complexity index is 215. The standard InChI is InChI=1S/C13H23NO/c1-2-11(10-14-13-3-4-13)9-12-5-7-15-8-6-12/h9,12-14H,2-8,10H2,1H3. The van der Waals surface area contributed by atoms with E-state index in [1.54, 1.807) is 5.57 Å². The summed E-state index contributed by atoms with van der Waals surface area (Å²) in [5, 5.41) is 3.60. The minimum Gasteiger partial charge on any atom is -0.381 e. The lowest BCUT2D eigenvalue weighted by molar-refractivity contribution is 0.0783. The number of hydrogen-bond acceptors (Lipinski definition) is 2. The number of hydrogen-bond donors (Lipinski definition) is 1. The molecule has 2 fully saturated rings. The Balaban J connectivity index is 1.76. The summed E-state index contributed by atoms with van der Waals surface area (Å²) in [6.45, 7) is 5.28. The molecule has 1 aliphatic heterocycles. The van der Waals surface area contributed by atoms with Gasteiger partial charge in [-0.15, -0.1) is 0 Å². The van der Waals surface area contributed by atoms with Crippen molar-refractivity contribution in [2.75, 3.05) is 19.8 Å². The SMILES string of the molecule is CCC(=CC1CCOCC1)CNC1CC1. The van der Waals surface area contributed by atoms with E-state index in [1.807, 2.05) is 0 Å². The van der Waals surface area contributed by atoms with Crippen LogP contribution in [0.25, 0.3) is 0 Å². The van der Waals surface area contributed by atoms with Gasteiger partial charge in [-0.2, -0.15) is 0 Å². The molecule has 1 saturated carbocycles. The van der Waals surface area contributed by atoms with E-state index in [4.69, 9.17) is 4.74 Å². The second-order valence-corrected chi connectivity index (χ2v) is 4.78. The van der Waals surface area contributed by atoms with Gasteiger partial charge in [0, 0.05) is 25.8 Å². The van der Waals surface area contributed by atoms with Crippen LogP contribution >= 0.6 is 0 Å². The van der Waals surface area contributed by atoms with Gasteiger partial charge in [0.15, 0.2) is 0 Å². The third kappa shape index (κ3) is 3.96. The molecule has 1 heterocycles. The van der Waals surface area contributed by atoms with Gasteiger partial charge in [-0.05, 0) is 38.0 Å². The Morgan fingerprint density at radius 3 is 2.60 bits per heavy atom. The number of nitrogens with one attached hydrogen (secondary N) is 1. The number of ether oxygens (including phenoxy) is 1. The molecule has 2 nitrogen and oxygen atoms in total. The fourth-order valence-corrected chi connectivity index (χ4v) is 2.08. The quantitative estimate of drug-likeness (QED) is 0.702. The first-order valence-electron chi connectivity index (χ1n) is 6.39. The molecule has 1 N–H and O–H groups in total. The van der Waals surface area contributed by atoms with Crippen molar-refractivity contribution in [2.45, 2.75) is 45.1 Å². The molecule has 0 aromatic rings. The maximum Gasteiger partial charge on any atom is 0.0471 e. The molecule has 0 unspecified atom stereocenters. The highest BCUT2D eigenvalue weighted by Gasteiger charge is 2.20. The van der Waals surface area contributed by atoms with Crippen LogP contribution in [0.5, 0.6) is 0 Å². The zero-order valence-electron chi connectivity index (χ0n) is 9.80. The fourth-order valence-electron chi connectivity index (χ4n) is 2.08. The van der Waals surface area contributed by atoms with Crippen LogP contribution in [0.1, 0.15) is 39.0 Å². The van der Waals surface area contributed by atoms with E-state index in [2.05, 4.69) is 18.3 Å². The summed E-state index contributed by atoms with van der Waals surface area (Å²) in [5.74, 6) is 0.773. The van der Waals surface area contributed by atoms with Gasteiger partial charge in [0.1, 0.15) is 0 Å². The molecule has 0 spiro atoms. The van der Waals surface area contributed by atoms with E-state index in [0.717, 1.165) is 31.7 Å². The lowest BCUT2D eigenvalue weighted by atomic mass is 9.96. The molecule has 2 rings (SSSR count). The maximum atomic E-state index is 5.38. The summed E-state index contributed by atoms with van der Waals surface area (Å²) in [4.78, 5) is 0. The second-order valence-electron chi connectivity index (χ2n) is 4.78. The topological polar surface area (TPSA) is 21.3 Å². The Kier molecular flexibility index (Phi) is 4.21. The summed E-state index contributed by atoms with van der Waals surface area (Å²) < 4.78 is 5.38. The van der Waals surface area contributed by atoms with Crippen molar-refractivity contribution in [1.29, 1.82) is 0 Å². The van der Waals surface area contributed by atoms with E-state index < -0.39 is 0 Å². The number of allylic oxidation sites excluding steroid dienone is 1. The van der Waals surface area contributed by atoms with Crippen LogP contribution in [0, 0.1) is 5.92 Å². The van der Waals surface area contributed by atoms with Crippen LogP contribution in [0.15, 0.2) is 11.6 Å². The van der Waals surface area contributed by atoms with Gasteiger partial charge in [0.05, 0.1) is 0 Å². The summed E-state index contributed by atoms with van der Waals surface area (Å²) in [6.07, 6.45) is 8.89. The fraction of sp³-hybridized carbons (Fsp3) is 0.846.